The van der Waals surface area contributed by atoms with Gasteiger partial charge in [0.1, 0.15) is 0 Å². The highest BCUT2D eigenvalue weighted by atomic mass is 19.4. The molecule has 0 aromatic carbocycles. The van der Waals surface area contributed by atoms with E-state index in [4.69, 9.17) is 0 Å². The molecule has 1 nitrogen and oxygen atoms in total. The molecule has 1 rings (SSSR count). The quantitative estimate of drug-likeness (QED) is 0.518. The van der Waals surface area contributed by atoms with E-state index in [2.05, 4.69) is 4.74 Å². The number of hydrogen-bond acceptors (Lipinski definition) is 1. The molecule has 4 heteroatoms. The molecule has 1 saturated heterocycles. The van der Waals surface area contributed by atoms with Crippen molar-refractivity contribution in [1.29, 1.82) is 0 Å². The van der Waals surface area contributed by atoms with E-state index in [1.54, 1.807) is 6.92 Å². The van der Waals surface area contributed by atoms with Gasteiger partial charge in [-0.05, 0) is 12.3 Å². The van der Waals surface area contributed by atoms with Gasteiger partial charge in [-0.1, -0.05) is 6.92 Å². The minimum Gasteiger partial charge on any atom is -0.368 e. The number of ether oxygens (including phenoxy) is 1. The summed E-state index contributed by atoms with van der Waals surface area (Å²) in [7, 11) is 0. The zero-order valence-electron chi connectivity index (χ0n) is 5.61. The van der Waals surface area contributed by atoms with Crippen molar-refractivity contribution < 1.29 is 17.9 Å². The summed E-state index contributed by atoms with van der Waals surface area (Å²) in [5.74, 6) is -0.375. The average molecular weight is 154 g/mol. The van der Waals surface area contributed by atoms with Crippen LogP contribution >= 0.6 is 0 Å². The maximum atomic E-state index is 11.9. The topological polar surface area (TPSA) is 9.23 Å². The molecule has 0 spiro atoms. The summed E-state index contributed by atoms with van der Waals surface area (Å²) < 4.78 is 40.2. The van der Waals surface area contributed by atoms with Gasteiger partial charge in [0.25, 0.3) is 0 Å². The van der Waals surface area contributed by atoms with Crippen LogP contribution in [0.15, 0.2) is 0 Å². The predicted molar refractivity (Wildman–Crippen MR) is 29.6 cm³/mol. The summed E-state index contributed by atoms with van der Waals surface area (Å²) in [6, 6.07) is 0. The molecule has 2 atom stereocenters. The molecule has 2 unspecified atom stereocenters. The first-order chi connectivity index (χ1) is 4.52. The van der Waals surface area contributed by atoms with Crippen molar-refractivity contribution in [1.82, 2.24) is 0 Å². The maximum absolute atomic E-state index is 11.9. The van der Waals surface area contributed by atoms with Crippen LogP contribution in [0.5, 0.6) is 0 Å². The lowest BCUT2D eigenvalue weighted by Crippen LogP contribution is -2.32. The molecule has 10 heavy (non-hydrogen) atoms. The van der Waals surface area contributed by atoms with Crippen molar-refractivity contribution >= 4 is 0 Å². The van der Waals surface area contributed by atoms with Crippen LogP contribution in [0.2, 0.25) is 0 Å². The van der Waals surface area contributed by atoms with Gasteiger partial charge in [-0.3, -0.25) is 0 Å². The Morgan fingerprint density at radius 1 is 1.40 bits per heavy atom. The number of hydrogen-bond donors (Lipinski definition) is 0. The first-order valence-corrected chi connectivity index (χ1v) is 3.20. The minimum atomic E-state index is -4.17. The molecule has 1 aliphatic heterocycles. The molecular formula is C6H9F3O. The van der Waals surface area contributed by atoms with E-state index >= 15 is 0 Å². The molecule has 0 amide bonds. The van der Waals surface area contributed by atoms with Gasteiger partial charge in [0.2, 0.25) is 0 Å². The van der Waals surface area contributed by atoms with Gasteiger partial charge >= 0.3 is 6.18 Å². The van der Waals surface area contributed by atoms with Crippen LogP contribution in [0.3, 0.4) is 0 Å². The normalized spacial score (nSPS) is 34.8. The van der Waals surface area contributed by atoms with Crippen molar-refractivity contribution in [3.63, 3.8) is 0 Å². The second-order valence-electron chi connectivity index (χ2n) is 2.60. The van der Waals surface area contributed by atoms with Crippen LogP contribution in [0, 0.1) is 5.92 Å². The highest BCUT2D eigenvalue weighted by Crippen LogP contribution is 2.33. The molecule has 1 heterocycles. The van der Waals surface area contributed by atoms with Crippen molar-refractivity contribution in [2.24, 2.45) is 5.92 Å². The lowest BCUT2D eigenvalue weighted by Gasteiger charge is -2.17. The lowest BCUT2D eigenvalue weighted by molar-refractivity contribution is -0.215. The van der Waals surface area contributed by atoms with Crippen LogP contribution in [0.4, 0.5) is 13.2 Å². The lowest BCUT2D eigenvalue weighted by atomic mass is 10.0. The van der Waals surface area contributed by atoms with Gasteiger partial charge in [0, 0.05) is 6.61 Å². The smallest absolute Gasteiger partial charge is 0.368 e. The fourth-order valence-corrected chi connectivity index (χ4v) is 1.11. The molecule has 1 fully saturated rings. The summed E-state index contributed by atoms with van der Waals surface area (Å²) in [5.41, 5.74) is 0. The fourth-order valence-electron chi connectivity index (χ4n) is 1.11. The van der Waals surface area contributed by atoms with Gasteiger partial charge in [0.05, 0.1) is 0 Å². The maximum Gasteiger partial charge on any atom is 0.414 e. The van der Waals surface area contributed by atoms with Gasteiger partial charge in [0.15, 0.2) is 6.10 Å². The molecule has 0 bridgehead atoms. The Bertz CT molecular complexity index is 121. The second-order valence-corrected chi connectivity index (χ2v) is 2.60. The van der Waals surface area contributed by atoms with E-state index in [0.717, 1.165) is 0 Å². The highest BCUT2D eigenvalue weighted by molar-refractivity contribution is 4.78. The zero-order valence-corrected chi connectivity index (χ0v) is 5.61. The van der Waals surface area contributed by atoms with Crippen molar-refractivity contribution in [3.05, 3.63) is 0 Å². The van der Waals surface area contributed by atoms with Gasteiger partial charge in [-0.2, -0.15) is 13.2 Å². The van der Waals surface area contributed by atoms with Crippen molar-refractivity contribution in [2.45, 2.75) is 25.6 Å². The van der Waals surface area contributed by atoms with E-state index in [1.165, 1.54) is 0 Å². The summed E-state index contributed by atoms with van der Waals surface area (Å²) >= 11 is 0. The molecule has 0 N–H and O–H groups in total. The van der Waals surface area contributed by atoms with Gasteiger partial charge < -0.3 is 4.74 Å². The Balaban J connectivity index is 2.55. The Morgan fingerprint density at radius 3 is 2.20 bits per heavy atom. The largest absolute Gasteiger partial charge is 0.414 e. The average Bonchev–Trinajstić information content (AvgIpc) is 2.11. The summed E-state index contributed by atoms with van der Waals surface area (Å²) in [6.45, 7) is 1.80. The monoisotopic (exact) mass is 154 g/mol. The third-order valence-corrected chi connectivity index (χ3v) is 1.71. The van der Waals surface area contributed by atoms with Crippen LogP contribution < -0.4 is 0 Å². The molecule has 1 aliphatic rings. The Kier molecular flexibility index (Phi) is 1.90. The SMILES string of the molecule is CC1CCOC1C(F)(F)F. The van der Waals surface area contributed by atoms with E-state index in [9.17, 15) is 13.2 Å². The summed E-state index contributed by atoms with van der Waals surface area (Å²) in [4.78, 5) is 0. The highest BCUT2D eigenvalue weighted by Gasteiger charge is 2.46. The number of halogens is 3. The summed E-state index contributed by atoms with van der Waals surface area (Å²) in [5, 5.41) is 0. The molecule has 0 aliphatic carbocycles. The van der Waals surface area contributed by atoms with Crippen LogP contribution in [0.25, 0.3) is 0 Å². The molecule has 60 valence electrons. The summed E-state index contributed by atoms with van der Waals surface area (Å²) in [6.07, 6.45) is -5.17. The standard InChI is InChI=1S/C6H9F3O/c1-4-2-3-10-5(4)6(7,8)9/h4-5H,2-3H2,1H3. The van der Waals surface area contributed by atoms with Crippen molar-refractivity contribution in [2.75, 3.05) is 6.61 Å². The fraction of sp³-hybridized carbons (Fsp3) is 1.00. The second kappa shape index (κ2) is 2.42. The minimum absolute atomic E-state index is 0.241. The van der Waals surface area contributed by atoms with Crippen LogP contribution in [-0.2, 0) is 4.74 Å². The number of rotatable bonds is 0. The molecule has 0 radical (unpaired) electrons. The van der Waals surface area contributed by atoms with Crippen LogP contribution in [-0.4, -0.2) is 18.9 Å². The van der Waals surface area contributed by atoms with Crippen molar-refractivity contribution in [3.8, 4) is 0 Å². The van der Waals surface area contributed by atoms with Gasteiger partial charge in [-0.15, -0.1) is 0 Å². The van der Waals surface area contributed by atoms with E-state index in [-0.39, 0.29) is 12.5 Å². The van der Waals surface area contributed by atoms with Crippen LogP contribution in [0.1, 0.15) is 13.3 Å². The predicted octanol–water partition coefficient (Wildman–Crippen LogP) is 1.97. The zero-order chi connectivity index (χ0) is 7.78. The molecule has 0 aromatic rings. The third kappa shape index (κ3) is 1.42. The molecule has 0 saturated carbocycles. The van der Waals surface area contributed by atoms with E-state index in [1.807, 2.05) is 0 Å². The van der Waals surface area contributed by atoms with Gasteiger partial charge in [-0.25, -0.2) is 0 Å². The first-order valence-electron chi connectivity index (χ1n) is 3.20. The number of alkyl halides is 3. The Morgan fingerprint density at radius 2 is 2.00 bits per heavy atom. The first kappa shape index (κ1) is 7.85. The molecule has 0 aromatic heterocycles. The van der Waals surface area contributed by atoms with E-state index < -0.39 is 12.3 Å². The molecular weight excluding hydrogens is 145 g/mol. The van der Waals surface area contributed by atoms with E-state index in [0.29, 0.717) is 6.42 Å². The Hall–Kier alpha value is -0.250. The Labute approximate surface area is 57.2 Å². The third-order valence-electron chi connectivity index (χ3n) is 1.71.